The summed E-state index contributed by atoms with van der Waals surface area (Å²) in [7, 11) is 0. The SMILES string of the molecule is CCCCCC(C)(C)c1cc2c(c(-c3ccccc3)c1)C=C(C)C2. The molecule has 0 heteroatoms. The summed E-state index contributed by atoms with van der Waals surface area (Å²) in [5.74, 6) is 0. The molecule has 0 saturated carbocycles. The lowest BCUT2D eigenvalue weighted by Crippen LogP contribution is -2.17. The van der Waals surface area contributed by atoms with Gasteiger partial charge in [0.1, 0.15) is 0 Å². The fourth-order valence-corrected chi connectivity index (χ4v) is 3.84. The van der Waals surface area contributed by atoms with Gasteiger partial charge in [0.25, 0.3) is 0 Å². The van der Waals surface area contributed by atoms with Crippen LogP contribution in [0.1, 0.15) is 70.1 Å². The molecule has 0 radical (unpaired) electrons. The van der Waals surface area contributed by atoms with Crippen molar-refractivity contribution in [3.8, 4) is 11.1 Å². The van der Waals surface area contributed by atoms with Crippen molar-refractivity contribution in [1.82, 2.24) is 0 Å². The van der Waals surface area contributed by atoms with Crippen LogP contribution in [0.3, 0.4) is 0 Å². The molecular weight excluding hydrogens is 288 g/mol. The zero-order chi connectivity index (χ0) is 17.2. The number of unbranched alkanes of at least 4 members (excludes halogenated alkanes) is 2. The summed E-state index contributed by atoms with van der Waals surface area (Å²) < 4.78 is 0. The smallest absolute Gasteiger partial charge is 0.00603 e. The standard InChI is InChI=1S/C24H30/c1-5-6-10-13-24(3,4)21-16-20-14-18(2)15-22(20)23(17-21)19-11-8-7-9-12-19/h7-9,11-12,15-17H,5-6,10,13-14H2,1-4H3. The van der Waals surface area contributed by atoms with E-state index >= 15 is 0 Å². The Balaban J connectivity index is 2.04. The third kappa shape index (κ3) is 3.48. The minimum Gasteiger partial charge on any atom is -0.0683 e. The monoisotopic (exact) mass is 318 g/mol. The molecule has 24 heavy (non-hydrogen) atoms. The second-order valence-corrected chi connectivity index (χ2v) is 7.97. The van der Waals surface area contributed by atoms with Crippen LogP contribution >= 0.6 is 0 Å². The maximum Gasteiger partial charge on any atom is -0.00603 e. The third-order valence-corrected chi connectivity index (χ3v) is 5.40. The Morgan fingerprint density at radius 1 is 1.00 bits per heavy atom. The van der Waals surface area contributed by atoms with Gasteiger partial charge in [-0.05, 0) is 59.1 Å². The summed E-state index contributed by atoms with van der Waals surface area (Å²) in [5, 5.41) is 0. The lowest BCUT2D eigenvalue weighted by Gasteiger charge is -2.27. The van der Waals surface area contributed by atoms with Crippen LogP contribution in [-0.4, -0.2) is 0 Å². The van der Waals surface area contributed by atoms with Gasteiger partial charge in [-0.1, -0.05) is 88.1 Å². The molecule has 0 amide bonds. The van der Waals surface area contributed by atoms with Gasteiger partial charge >= 0.3 is 0 Å². The molecule has 0 nitrogen and oxygen atoms in total. The summed E-state index contributed by atoms with van der Waals surface area (Å²) in [4.78, 5) is 0. The largest absolute Gasteiger partial charge is 0.0683 e. The summed E-state index contributed by atoms with van der Waals surface area (Å²) in [6.07, 6.45) is 8.69. The number of rotatable bonds is 6. The number of hydrogen-bond donors (Lipinski definition) is 0. The molecule has 0 spiro atoms. The van der Waals surface area contributed by atoms with E-state index in [2.05, 4.69) is 76.2 Å². The fourth-order valence-electron chi connectivity index (χ4n) is 3.84. The first-order valence-electron chi connectivity index (χ1n) is 9.41. The predicted octanol–water partition coefficient (Wildman–Crippen LogP) is 7.17. The maximum atomic E-state index is 2.47. The van der Waals surface area contributed by atoms with Crippen LogP contribution in [0, 0.1) is 0 Å². The average molecular weight is 319 g/mol. The van der Waals surface area contributed by atoms with E-state index < -0.39 is 0 Å². The molecular formula is C24H30. The van der Waals surface area contributed by atoms with Crippen LogP contribution in [0.25, 0.3) is 17.2 Å². The van der Waals surface area contributed by atoms with Crippen LogP contribution in [0.2, 0.25) is 0 Å². The van der Waals surface area contributed by atoms with Crippen molar-refractivity contribution in [3.05, 3.63) is 64.7 Å². The van der Waals surface area contributed by atoms with Gasteiger partial charge < -0.3 is 0 Å². The minimum atomic E-state index is 0.240. The molecule has 2 aromatic rings. The van der Waals surface area contributed by atoms with Crippen LogP contribution in [0.4, 0.5) is 0 Å². The van der Waals surface area contributed by atoms with E-state index in [0.717, 1.165) is 6.42 Å². The van der Waals surface area contributed by atoms with Crippen molar-refractivity contribution < 1.29 is 0 Å². The summed E-state index contributed by atoms with van der Waals surface area (Å²) in [6.45, 7) is 9.36. The van der Waals surface area contributed by atoms with Gasteiger partial charge in [0.2, 0.25) is 0 Å². The van der Waals surface area contributed by atoms with Crippen molar-refractivity contribution in [3.63, 3.8) is 0 Å². The molecule has 0 atom stereocenters. The Labute approximate surface area is 147 Å². The number of fused-ring (bicyclic) bond motifs is 1. The molecule has 0 bridgehead atoms. The number of allylic oxidation sites excluding steroid dienone is 1. The van der Waals surface area contributed by atoms with E-state index in [9.17, 15) is 0 Å². The Kier molecular flexibility index (Phi) is 4.94. The second kappa shape index (κ2) is 6.97. The van der Waals surface area contributed by atoms with Crippen LogP contribution < -0.4 is 0 Å². The van der Waals surface area contributed by atoms with Crippen LogP contribution in [-0.2, 0) is 11.8 Å². The molecule has 0 aromatic heterocycles. The molecule has 0 N–H and O–H groups in total. The highest BCUT2D eigenvalue weighted by atomic mass is 14.3. The summed E-state index contributed by atoms with van der Waals surface area (Å²) >= 11 is 0. The molecule has 1 aliphatic carbocycles. The highest BCUT2D eigenvalue weighted by Gasteiger charge is 2.24. The van der Waals surface area contributed by atoms with Gasteiger partial charge in [-0.2, -0.15) is 0 Å². The highest BCUT2D eigenvalue weighted by Crippen LogP contribution is 2.39. The lowest BCUT2D eigenvalue weighted by molar-refractivity contribution is 0.450. The first kappa shape index (κ1) is 17.0. The van der Waals surface area contributed by atoms with Gasteiger partial charge in [-0.25, -0.2) is 0 Å². The predicted molar refractivity (Wildman–Crippen MR) is 106 cm³/mol. The molecule has 0 heterocycles. The Hall–Kier alpha value is -1.82. The highest BCUT2D eigenvalue weighted by molar-refractivity contribution is 5.81. The molecule has 2 aromatic carbocycles. The van der Waals surface area contributed by atoms with E-state index in [1.807, 2.05) is 0 Å². The zero-order valence-electron chi connectivity index (χ0n) is 15.7. The molecule has 126 valence electrons. The van der Waals surface area contributed by atoms with Gasteiger partial charge in [0, 0.05) is 0 Å². The van der Waals surface area contributed by atoms with Crippen molar-refractivity contribution in [2.45, 2.75) is 65.2 Å². The molecule has 0 fully saturated rings. The van der Waals surface area contributed by atoms with Crippen LogP contribution in [0.15, 0.2) is 48.0 Å². The Morgan fingerprint density at radius 3 is 2.46 bits per heavy atom. The average Bonchev–Trinajstić information content (AvgIpc) is 2.95. The molecule has 1 aliphatic rings. The maximum absolute atomic E-state index is 2.47. The number of hydrogen-bond acceptors (Lipinski definition) is 0. The van der Waals surface area contributed by atoms with E-state index in [0.29, 0.717) is 0 Å². The van der Waals surface area contributed by atoms with E-state index in [-0.39, 0.29) is 5.41 Å². The molecule has 3 rings (SSSR count). The van der Waals surface area contributed by atoms with E-state index in [1.165, 1.54) is 59.1 Å². The van der Waals surface area contributed by atoms with Gasteiger partial charge in [-0.15, -0.1) is 0 Å². The quantitative estimate of drug-likeness (QED) is 0.495. The lowest BCUT2D eigenvalue weighted by atomic mass is 9.77. The van der Waals surface area contributed by atoms with Crippen molar-refractivity contribution in [2.24, 2.45) is 0 Å². The Bertz CT molecular complexity index is 732. The minimum absolute atomic E-state index is 0.240. The number of benzene rings is 2. The molecule has 0 saturated heterocycles. The first-order valence-corrected chi connectivity index (χ1v) is 9.41. The second-order valence-electron chi connectivity index (χ2n) is 7.97. The van der Waals surface area contributed by atoms with Crippen LogP contribution in [0.5, 0.6) is 0 Å². The van der Waals surface area contributed by atoms with E-state index in [1.54, 1.807) is 0 Å². The molecule has 0 unspecified atom stereocenters. The summed E-state index contributed by atoms with van der Waals surface area (Å²) in [5.41, 5.74) is 8.90. The fraction of sp³-hybridized carbons (Fsp3) is 0.417. The third-order valence-electron chi connectivity index (χ3n) is 5.40. The topological polar surface area (TPSA) is 0 Å². The Morgan fingerprint density at radius 2 is 1.75 bits per heavy atom. The first-order chi connectivity index (χ1) is 11.5. The molecule has 0 aliphatic heterocycles. The zero-order valence-corrected chi connectivity index (χ0v) is 15.7. The van der Waals surface area contributed by atoms with Gasteiger partial charge in [0.15, 0.2) is 0 Å². The normalized spacial score (nSPS) is 13.8. The summed E-state index contributed by atoms with van der Waals surface area (Å²) in [6, 6.07) is 15.8. The van der Waals surface area contributed by atoms with Gasteiger partial charge in [-0.3, -0.25) is 0 Å². The van der Waals surface area contributed by atoms with E-state index in [4.69, 9.17) is 0 Å². The van der Waals surface area contributed by atoms with Crippen molar-refractivity contribution >= 4 is 6.08 Å². The van der Waals surface area contributed by atoms with Crippen molar-refractivity contribution in [1.29, 1.82) is 0 Å². The van der Waals surface area contributed by atoms with Gasteiger partial charge in [0.05, 0.1) is 0 Å². The van der Waals surface area contributed by atoms with Crippen molar-refractivity contribution in [2.75, 3.05) is 0 Å².